The van der Waals surface area contributed by atoms with Crippen LogP contribution in [0, 0.1) is 18.3 Å². The smallest absolute Gasteiger partial charge is 0.335 e. The number of H-pyrrole nitrogens is 1. The summed E-state index contributed by atoms with van der Waals surface area (Å²) < 4.78 is 17.9. The number of ether oxygens (including phenoxy) is 3. The Kier molecular flexibility index (Phi) is 7.19. The van der Waals surface area contributed by atoms with Crippen molar-refractivity contribution in [3.8, 4) is 34.7 Å². The van der Waals surface area contributed by atoms with E-state index in [-0.39, 0.29) is 5.56 Å². The van der Waals surface area contributed by atoms with Crippen LogP contribution in [0.25, 0.3) is 22.3 Å². The topological polar surface area (TPSA) is 130 Å². The second-order valence-electron chi connectivity index (χ2n) is 10.2. The predicted molar refractivity (Wildman–Crippen MR) is 156 cm³/mol. The molecule has 1 aliphatic rings. The lowest BCUT2D eigenvalue weighted by Gasteiger charge is -2.17. The van der Waals surface area contributed by atoms with Crippen LogP contribution in [0.4, 0.5) is 0 Å². The molecule has 9 nitrogen and oxygen atoms in total. The lowest BCUT2D eigenvalue weighted by atomic mass is 9.99. The third-order valence-electron chi connectivity index (χ3n) is 7.39. The minimum absolute atomic E-state index is 0.120. The number of aryl methyl sites for hydroxylation is 2. The molecule has 1 aliphatic heterocycles. The summed E-state index contributed by atoms with van der Waals surface area (Å²) in [5.74, 6) is 1.24. The van der Waals surface area contributed by atoms with Gasteiger partial charge in [-0.15, -0.1) is 0 Å². The number of hydrogen-bond donors (Lipinski definition) is 2. The SMILES string of the molecule is COc1cc(C(=O)O)cc2[nH]c(Cc3cc(C)c4cc3OCCCc3cc(C#N)ccc3COc3cccc-4n3)nc12. The van der Waals surface area contributed by atoms with Gasteiger partial charge < -0.3 is 24.3 Å². The number of aromatic carboxylic acids is 1. The molecule has 0 radical (unpaired) electrons. The number of carboxylic acid groups (broad SMARTS) is 1. The maximum absolute atomic E-state index is 11.6. The first-order chi connectivity index (χ1) is 20.4. The van der Waals surface area contributed by atoms with Crippen molar-refractivity contribution in [1.82, 2.24) is 15.0 Å². The molecule has 0 fully saturated rings. The van der Waals surface area contributed by atoms with Crippen molar-refractivity contribution >= 4 is 17.0 Å². The van der Waals surface area contributed by atoms with Crippen molar-refractivity contribution in [3.63, 3.8) is 0 Å². The fourth-order valence-corrected chi connectivity index (χ4v) is 5.29. The Labute approximate surface area is 242 Å². The lowest BCUT2D eigenvalue weighted by Crippen LogP contribution is -2.07. The van der Waals surface area contributed by atoms with Crippen molar-refractivity contribution in [2.24, 2.45) is 0 Å². The molecule has 0 amide bonds. The van der Waals surface area contributed by atoms with E-state index in [0.29, 0.717) is 59.4 Å². The van der Waals surface area contributed by atoms with Gasteiger partial charge in [-0.25, -0.2) is 14.8 Å². The number of aromatic amines is 1. The van der Waals surface area contributed by atoms with Crippen LogP contribution in [0.3, 0.4) is 0 Å². The van der Waals surface area contributed by atoms with Gasteiger partial charge in [0.15, 0.2) is 0 Å². The van der Waals surface area contributed by atoms with E-state index in [1.54, 1.807) is 6.07 Å². The second kappa shape index (κ2) is 11.3. The highest BCUT2D eigenvalue weighted by molar-refractivity contribution is 5.95. The Morgan fingerprint density at radius 1 is 1.10 bits per heavy atom. The third-order valence-corrected chi connectivity index (χ3v) is 7.39. The monoisotopic (exact) mass is 560 g/mol. The van der Waals surface area contributed by atoms with Crippen LogP contribution in [-0.4, -0.2) is 39.7 Å². The second-order valence-corrected chi connectivity index (χ2v) is 10.2. The van der Waals surface area contributed by atoms with Gasteiger partial charge in [0.2, 0.25) is 5.88 Å². The Balaban J connectivity index is 1.38. The number of rotatable bonds is 4. The molecule has 0 aliphatic carbocycles. The first-order valence-corrected chi connectivity index (χ1v) is 13.6. The van der Waals surface area contributed by atoms with E-state index in [0.717, 1.165) is 46.4 Å². The van der Waals surface area contributed by atoms with Gasteiger partial charge in [0.05, 0.1) is 42.1 Å². The fraction of sp³-hybridized carbons (Fsp3) is 0.212. The Morgan fingerprint density at radius 2 is 1.98 bits per heavy atom. The summed E-state index contributed by atoms with van der Waals surface area (Å²) in [6.07, 6.45) is 1.90. The van der Waals surface area contributed by atoms with Crippen molar-refractivity contribution in [2.75, 3.05) is 13.7 Å². The number of imidazole rings is 1. The molecule has 2 aromatic heterocycles. The molecule has 4 bridgehead atoms. The van der Waals surface area contributed by atoms with Crippen molar-refractivity contribution in [2.45, 2.75) is 32.8 Å². The molecule has 2 N–H and O–H groups in total. The minimum atomic E-state index is -1.04. The van der Waals surface area contributed by atoms with Crippen molar-refractivity contribution < 1.29 is 24.1 Å². The maximum atomic E-state index is 11.6. The van der Waals surface area contributed by atoms with Gasteiger partial charge in [0.1, 0.15) is 29.4 Å². The lowest BCUT2D eigenvalue weighted by molar-refractivity contribution is 0.0696. The van der Waals surface area contributed by atoms with E-state index in [2.05, 4.69) is 17.1 Å². The molecule has 3 heterocycles. The minimum Gasteiger partial charge on any atom is -0.494 e. The first-order valence-electron chi connectivity index (χ1n) is 13.6. The van der Waals surface area contributed by atoms with Gasteiger partial charge in [-0.3, -0.25) is 0 Å². The number of carbonyl (C=O) groups is 1. The summed E-state index contributed by atoms with van der Waals surface area (Å²) in [6, 6.07) is 20.7. The highest BCUT2D eigenvalue weighted by atomic mass is 16.5. The zero-order valence-electron chi connectivity index (χ0n) is 23.2. The summed E-state index contributed by atoms with van der Waals surface area (Å²) in [5, 5.41) is 18.9. The Hall–Kier alpha value is -5.36. The van der Waals surface area contributed by atoms with E-state index < -0.39 is 5.97 Å². The van der Waals surface area contributed by atoms with Crippen LogP contribution < -0.4 is 14.2 Å². The molecule has 0 unspecified atom stereocenters. The van der Waals surface area contributed by atoms with Crippen molar-refractivity contribution in [1.29, 1.82) is 5.26 Å². The molecule has 0 spiro atoms. The summed E-state index contributed by atoms with van der Waals surface area (Å²) in [5.41, 5.74) is 7.61. The zero-order chi connectivity index (χ0) is 29.2. The molecule has 3 aromatic carbocycles. The van der Waals surface area contributed by atoms with E-state index in [4.69, 9.17) is 24.2 Å². The largest absolute Gasteiger partial charge is 0.494 e. The van der Waals surface area contributed by atoms with Crippen LogP contribution in [0.2, 0.25) is 0 Å². The van der Waals surface area contributed by atoms with E-state index in [1.807, 2.05) is 49.4 Å². The van der Waals surface area contributed by atoms with Crippen LogP contribution in [-0.2, 0) is 19.4 Å². The summed E-state index contributed by atoms with van der Waals surface area (Å²) >= 11 is 0. The number of pyridine rings is 1. The first kappa shape index (κ1) is 26.8. The van der Waals surface area contributed by atoms with Gasteiger partial charge in [0, 0.05) is 23.6 Å². The molecule has 0 saturated heterocycles. The molecule has 6 rings (SSSR count). The average Bonchev–Trinajstić information content (AvgIpc) is 3.41. The molecule has 5 aromatic rings. The van der Waals surface area contributed by atoms with Crippen molar-refractivity contribution in [3.05, 3.63) is 99.9 Å². The van der Waals surface area contributed by atoms with Crippen LogP contribution in [0.1, 0.15) is 50.4 Å². The number of methoxy groups -OCH3 is 1. The van der Waals surface area contributed by atoms with Crippen LogP contribution in [0.5, 0.6) is 17.4 Å². The van der Waals surface area contributed by atoms with Gasteiger partial charge in [-0.2, -0.15) is 5.26 Å². The molecule has 42 heavy (non-hydrogen) atoms. The standard InChI is InChI=1S/C33H28N4O5/c1-19-11-23(15-30-35-27-13-24(33(38)39)14-29(40-2)32(27)37-30)28-16-25(19)26-6-3-7-31(36-26)42-18-22-9-8-20(17-34)12-21(22)5-4-10-41-28/h3,6-9,11-14,16H,4-5,10,15,18H2,1-2H3,(H,35,37)(H,38,39). The van der Waals surface area contributed by atoms with Gasteiger partial charge in [0.25, 0.3) is 0 Å². The number of fused-ring (bicyclic) bond motifs is 7. The number of benzene rings is 3. The van der Waals surface area contributed by atoms with E-state index >= 15 is 0 Å². The molecule has 210 valence electrons. The quantitative estimate of drug-likeness (QED) is 0.273. The summed E-state index contributed by atoms with van der Waals surface area (Å²) in [4.78, 5) is 24.4. The number of hydrogen-bond acceptors (Lipinski definition) is 7. The predicted octanol–water partition coefficient (Wildman–Crippen LogP) is 6.01. The molecular weight excluding hydrogens is 532 g/mol. The number of nitrogens with one attached hydrogen (secondary N) is 1. The van der Waals surface area contributed by atoms with E-state index in [9.17, 15) is 15.2 Å². The maximum Gasteiger partial charge on any atom is 0.335 e. The third kappa shape index (κ3) is 5.34. The number of carboxylic acids is 1. The molecule has 0 saturated carbocycles. The summed E-state index contributed by atoms with van der Waals surface area (Å²) in [7, 11) is 1.50. The summed E-state index contributed by atoms with van der Waals surface area (Å²) in [6.45, 7) is 2.86. The highest BCUT2D eigenvalue weighted by Crippen LogP contribution is 2.34. The fourth-order valence-electron chi connectivity index (χ4n) is 5.29. The zero-order valence-corrected chi connectivity index (χ0v) is 23.2. The molecule has 9 heteroatoms. The van der Waals surface area contributed by atoms with E-state index in [1.165, 1.54) is 13.2 Å². The van der Waals surface area contributed by atoms with Gasteiger partial charge in [-0.1, -0.05) is 18.2 Å². The average molecular weight is 561 g/mol. The van der Waals surface area contributed by atoms with Gasteiger partial charge in [-0.05, 0) is 72.9 Å². The number of nitriles is 1. The Bertz CT molecular complexity index is 1870. The molecular formula is C33H28N4O5. The highest BCUT2D eigenvalue weighted by Gasteiger charge is 2.18. The van der Waals surface area contributed by atoms with Crippen LogP contribution >= 0.6 is 0 Å². The molecule has 0 atom stereocenters. The van der Waals surface area contributed by atoms with Crippen LogP contribution in [0.15, 0.2) is 60.7 Å². The number of aromatic nitrogens is 3. The normalized spacial score (nSPS) is 12.8. The number of nitrogens with zero attached hydrogens (tertiary/aromatic N) is 3. The Morgan fingerprint density at radius 3 is 2.79 bits per heavy atom. The van der Waals surface area contributed by atoms with Gasteiger partial charge >= 0.3 is 5.97 Å².